The molecule has 0 aromatic carbocycles. The molecule has 1 saturated heterocycles. The molecule has 1 N–H and O–H groups in total. The molecule has 0 spiro atoms. The largest absolute Gasteiger partial charge is 0.345 e. The molecule has 1 fully saturated rings. The van der Waals surface area contributed by atoms with E-state index in [1.165, 1.54) is 0 Å². The Labute approximate surface area is 82.7 Å². The molecule has 64 valence electrons. The van der Waals surface area contributed by atoms with Gasteiger partial charge in [0.1, 0.15) is 0 Å². The molecule has 1 aliphatic rings. The highest BCUT2D eigenvalue weighted by Gasteiger charge is 2.16. The number of hydrogen-bond acceptors (Lipinski definition) is 2. The summed E-state index contributed by atoms with van der Waals surface area (Å²) in [5.74, 6) is 0. The summed E-state index contributed by atoms with van der Waals surface area (Å²) in [4.78, 5) is 10.7. The van der Waals surface area contributed by atoms with Crippen molar-refractivity contribution in [2.75, 3.05) is 13.1 Å². The standard InChI is InChI=1S/C6H12IN2OP/c7-6(10)8-5-1-3-9(11)4-2-5/h5H,1-4,11H2,(H,8,10). The molecular weight excluding hydrogens is 274 g/mol. The summed E-state index contributed by atoms with van der Waals surface area (Å²) in [6, 6.07) is 0.399. The highest BCUT2D eigenvalue weighted by molar-refractivity contribution is 14.1. The maximum atomic E-state index is 10.7. The molecule has 1 amide bonds. The number of piperidine rings is 1. The number of hydrogen-bond donors (Lipinski definition) is 1. The van der Waals surface area contributed by atoms with E-state index < -0.39 is 0 Å². The van der Waals surface area contributed by atoms with Crippen LogP contribution in [0.2, 0.25) is 0 Å². The number of nitrogens with zero attached hydrogens (tertiary/aromatic N) is 1. The van der Waals surface area contributed by atoms with Crippen LogP contribution in [0.5, 0.6) is 0 Å². The molecule has 5 heteroatoms. The van der Waals surface area contributed by atoms with Gasteiger partial charge in [0.2, 0.25) is 0 Å². The van der Waals surface area contributed by atoms with Crippen molar-refractivity contribution in [2.45, 2.75) is 18.9 Å². The Morgan fingerprint density at radius 1 is 1.55 bits per heavy atom. The lowest BCUT2D eigenvalue weighted by atomic mass is 10.1. The summed E-state index contributed by atoms with van der Waals surface area (Å²) in [5.41, 5.74) is 0. The van der Waals surface area contributed by atoms with Crippen LogP contribution in [0, 0.1) is 0 Å². The highest BCUT2D eigenvalue weighted by Crippen LogP contribution is 2.13. The van der Waals surface area contributed by atoms with Gasteiger partial charge in [-0.1, -0.05) is 9.39 Å². The SMILES string of the molecule is O=C(I)NC1CCN(P)CC1. The van der Waals surface area contributed by atoms with Crippen LogP contribution in [0.25, 0.3) is 0 Å². The van der Waals surface area contributed by atoms with Crippen molar-refractivity contribution in [1.29, 1.82) is 0 Å². The summed E-state index contributed by atoms with van der Waals surface area (Å²) in [6.45, 7) is 2.12. The van der Waals surface area contributed by atoms with Gasteiger partial charge in [-0.15, -0.1) is 0 Å². The second kappa shape index (κ2) is 4.58. The van der Waals surface area contributed by atoms with Gasteiger partial charge in [0.05, 0.1) is 0 Å². The molecule has 1 unspecified atom stereocenters. The predicted molar refractivity (Wildman–Crippen MR) is 56.9 cm³/mol. The zero-order valence-electron chi connectivity index (χ0n) is 6.22. The molecule has 1 atom stereocenters. The van der Waals surface area contributed by atoms with Crippen molar-refractivity contribution >= 4 is 35.9 Å². The van der Waals surface area contributed by atoms with Crippen LogP contribution < -0.4 is 5.32 Å². The maximum Gasteiger partial charge on any atom is 0.280 e. The van der Waals surface area contributed by atoms with Crippen molar-refractivity contribution in [3.63, 3.8) is 0 Å². The Kier molecular flexibility index (Phi) is 4.02. The van der Waals surface area contributed by atoms with E-state index in [-0.39, 0.29) is 3.91 Å². The first kappa shape index (κ1) is 9.68. The van der Waals surface area contributed by atoms with Crippen molar-refractivity contribution in [3.8, 4) is 0 Å². The summed E-state index contributed by atoms with van der Waals surface area (Å²) in [6.07, 6.45) is 2.14. The van der Waals surface area contributed by atoms with Gasteiger partial charge in [0.15, 0.2) is 0 Å². The summed E-state index contributed by atoms with van der Waals surface area (Å²) < 4.78 is 2.26. The molecule has 3 nitrogen and oxygen atoms in total. The molecule has 0 aromatic rings. The van der Waals surface area contributed by atoms with E-state index in [1.807, 2.05) is 0 Å². The lowest BCUT2D eigenvalue weighted by Crippen LogP contribution is -2.39. The minimum Gasteiger partial charge on any atom is -0.345 e. The van der Waals surface area contributed by atoms with Crippen LogP contribution in [-0.4, -0.2) is 27.7 Å². The maximum absolute atomic E-state index is 10.7. The lowest BCUT2D eigenvalue weighted by molar-refractivity contribution is 0.251. The van der Waals surface area contributed by atoms with Crippen molar-refractivity contribution in [3.05, 3.63) is 0 Å². The molecule has 0 aliphatic carbocycles. The third kappa shape index (κ3) is 3.67. The van der Waals surface area contributed by atoms with Crippen molar-refractivity contribution < 1.29 is 4.79 Å². The Hall–Kier alpha value is 0.590. The predicted octanol–water partition coefficient (Wildman–Crippen LogP) is 1.39. The van der Waals surface area contributed by atoms with Gasteiger partial charge >= 0.3 is 0 Å². The number of carbonyl (C=O) groups excluding carboxylic acids is 1. The van der Waals surface area contributed by atoms with E-state index in [9.17, 15) is 4.79 Å². The monoisotopic (exact) mass is 286 g/mol. The highest BCUT2D eigenvalue weighted by atomic mass is 127. The minimum atomic E-state index is 0.0600. The van der Waals surface area contributed by atoms with E-state index in [0.717, 1.165) is 25.9 Å². The van der Waals surface area contributed by atoms with Gasteiger partial charge in [-0.3, -0.25) is 9.46 Å². The van der Waals surface area contributed by atoms with Gasteiger partial charge in [0.25, 0.3) is 3.91 Å². The smallest absolute Gasteiger partial charge is 0.280 e. The third-order valence-electron chi connectivity index (χ3n) is 1.85. The average molecular weight is 286 g/mol. The summed E-state index contributed by atoms with van der Waals surface area (Å²) >= 11 is 1.78. The molecule has 1 rings (SSSR count). The topological polar surface area (TPSA) is 32.3 Å². The summed E-state index contributed by atoms with van der Waals surface area (Å²) in [5, 5.41) is 2.91. The van der Waals surface area contributed by atoms with Gasteiger partial charge in [-0.2, -0.15) is 0 Å². The Morgan fingerprint density at radius 2 is 2.09 bits per heavy atom. The Morgan fingerprint density at radius 3 is 2.55 bits per heavy atom. The van der Waals surface area contributed by atoms with Crippen LogP contribution in [0.1, 0.15) is 12.8 Å². The Bertz CT molecular complexity index is 148. The van der Waals surface area contributed by atoms with E-state index in [4.69, 9.17) is 0 Å². The Balaban J connectivity index is 2.22. The van der Waals surface area contributed by atoms with Gasteiger partial charge in [-0.25, -0.2) is 0 Å². The quantitative estimate of drug-likeness (QED) is 0.342. The van der Waals surface area contributed by atoms with E-state index in [1.54, 1.807) is 22.6 Å². The second-order valence-electron chi connectivity index (χ2n) is 2.73. The summed E-state index contributed by atoms with van der Waals surface area (Å²) in [7, 11) is 2.69. The number of halogens is 1. The normalized spacial score (nSPS) is 21.6. The number of nitrogens with one attached hydrogen (secondary N) is 1. The van der Waals surface area contributed by atoms with Crippen LogP contribution in [0.15, 0.2) is 0 Å². The van der Waals surface area contributed by atoms with E-state index in [2.05, 4.69) is 19.4 Å². The van der Waals surface area contributed by atoms with E-state index in [0.29, 0.717) is 6.04 Å². The average Bonchev–Trinajstić information content (AvgIpc) is 1.93. The minimum absolute atomic E-state index is 0.0600. The number of rotatable bonds is 1. The molecule has 1 heterocycles. The third-order valence-corrected chi connectivity index (χ3v) is 2.67. The van der Waals surface area contributed by atoms with Crippen molar-refractivity contribution in [2.24, 2.45) is 0 Å². The fourth-order valence-corrected chi connectivity index (χ4v) is 1.94. The molecule has 1 aliphatic heterocycles. The van der Waals surface area contributed by atoms with Crippen LogP contribution in [-0.2, 0) is 0 Å². The van der Waals surface area contributed by atoms with Crippen LogP contribution in [0.3, 0.4) is 0 Å². The number of amides is 1. The molecule has 11 heavy (non-hydrogen) atoms. The first-order valence-electron chi connectivity index (χ1n) is 3.64. The first-order valence-corrected chi connectivity index (χ1v) is 5.23. The molecule has 0 bridgehead atoms. The first-order chi connectivity index (χ1) is 5.18. The van der Waals surface area contributed by atoms with Crippen LogP contribution >= 0.6 is 32.0 Å². The molecular formula is C6H12IN2OP. The number of carbonyl (C=O) groups is 1. The van der Waals surface area contributed by atoms with Gasteiger partial charge in [0, 0.05) is 41.7 Å². The lowest BCUT2D eigenvalue weighted by Gasteiger charge is -2.28. The van der Waals surface area contributed by atoms with Gasteiger partial charge in [-0.05, 0) is 12.8 Å². The van der Waals surface area contributed by atoms with Gasteiger partial charge < -0.3 is 5.32 Å². The zero-order valence-corrected chi connectivity index (χ0v) is 9.53. The fraction of sp³-hybridized carbons (Fsp3) is 0.833. The molecule has 0 saturated carbocycles. The van der Waals surface area contributed by atoms with Crippen LogP contribution in [0.4, 0.5) is 4.79 Å². The van der Waals surface area contributed by atoms with E-state index >= 15 is 0 Å². The molecule has 0 aromatic heterocycles. The second-order valence-corrected chi connectivity index (χ2v) is 4.44. The van der Waals surface area contributed by atoms with Crippen molar-refractivity contribution in [1.82, 2.24) is 9.99 Å². The zero-order chi connectivity index (χ0) is 8.27. The fourth-order valence-electron chi connectivity index (χ4n) is 1.20. The molecule has 0 radical (unpaired) electrons.